The molecule has 3 nitrogen and oxygen atoms in total. The third-order valence-corrected chi connectivity index (χ3v) is 2.62. The van der Waals surface area contributed by atoms with Crippen molar-refractivity contribution in [2.75, 3.05) is 6.86 Å². The molecule has 0 bridgehead atoms. The van der Waals surface area contributed by atoms with E-state index in [1.807, 2.05) is 0 Å². The fraction of sp³-hybridized carbons (Fsp3) is 0.300. The summed E-state index contributed by atoms with van der Waals surface area (Å²) in [5.41, 5.74) is 0.678. The average molecular weight is 277 g/mol. The molecule has 0 radical (unpaired) electrons. The molecule has 0 heterocycles. The van der Waals surface area contributed by atoms with Gasteiger partial charge in [-0.3, -0.25) is 4.79 Å². The van der Waals surface area contributed by atoms with Crippen LogP contribution in [0.1, 0.15) is 12.0 Å². The van der Waals surface area contributed by atoms with Crippen molar-refractivity contribution >= 4 is 21.9 Å². The van der Waals surface area contributed by atoms with Gasteiger partial charge >= 0.3 is 5.97 Å². The minimum atomic E-state index is -0.920. The summed E-state index contributed by atoms with van der Waals surface area (Å²) < 4.78 is 17.5. The third kappa shape index (κ3) is 3.51. The van der Waals surface area contributed by atoms with Gasteiger partial charge in [-0.2, -0.15) is 0 Å². The first-order chi connectivity index (χ1) is 7.15. The van der Waals surface area contributed by atoms with Gasteiger partial charge < -0.3 is 9.84 Å². The second-order valence-corrected chi connectivity index (χ2v) is 3.72. The van der Waals surface area contributed by atoms with Crippen LogP contribution >= 0.6 is 15.9 Å². The number of ether oxygens (including phenoxy) is 1. The monoisotopic (exact) mass is 276 g/mol. The molecule has 82 valence electrons. The van der Waals surface area contributed by atoms with Gasteiger partial charge in [0.1, 0.15) is 5.75 Å². The maximum Gasteiger partial charge on any atom is 0.303 e. The predicted molar refractivity (Wildman–Crippen MR) is 56.7 cm³/mol. The van der Waals surface area contributed by atoms with Gasteiger partial charge in [0.2, 0.25) is 6.86 Å². The summed E-state index contributed by atoms with van der Waals surface area (Å²) in [4.78, 5) is 10.4. The van der Waals surface area contributed by atoms with Gasteiger partial charge in [0.15, 0.2) is 0 Å². The van der Waals surface area contributed by atoms with Crippen LogP contribution < -0.4 is 4.74 Å². The highest BCUT2D eigenvalue weighted by Gasteiger charge is 2.09. The molecule has 0 aliphatic carbocycles. The Hall–Kier alpha value is -1.10. The molecule has 1 rings (SSSR count). The number of benzene rings is 1. The first-order valence-corrected chi connectivity index (χ1v) is 5.12. The maximum absolute atomic E-state index is 12.0. The number of halogens is 2. The molecular weight excluding hydrogens is 267 g/mol. The molecule has 0 saturated heterocycles. The number of carboxylic acid groups (broad SMARTS) is 1. The number of hydrogen-bond acceptors (Lipinski definition) is 2. The smallest absolute Gasteiger partial charge is 0.303 e. The highest BCUT2D eigenvalue weighted by atomic mass is 79.9. The van der Waals surface area contributed by atoms with Gasteiger partial charge in [-0.05, 0) is 18.6 Å². The van der Waals surface area contributed by atoms with E-state index in [1.54, 1.807) is 18.2 Å². The van der Waals surface area contributed by atoms with Crippen molar-refractivity contribution in [2.45, 2.75) is 12.8 Å². The molecule has 0 aromatic heterocycles. The zero-order valence-corrected chi connectivity index (χ0v) is 9.46. The Labute approximate surface area is 95.0 Å². The predicted octanol–water partition coefficient (Wildman–Crippen LogP) is 2.77. The lowest BCUT2D eigenvalue weighted by Crippen LogP contribution is -2.01. The Morgan fingerprint density at radius 2 is 2.27 bits per heavy atom. The number of alkyl halides is 1. The summed E-state index contributed by atoms with van der Waals surface area (Å²) in [5, 5.41) is 8.56. The minimum Gasteiger partial charge on any atom is -0.481 e. The second kappa shape index (κ2) is 5.70. The zero-order chi connectivity index (χ0) is 11.3. The molecule has 1 aromatic rings. The fourth-order valence-corrected chi connectivity index (χ4v) is 1.75. The van der Waals surface area contributed by atoms with E-state index in [2.05, 4.69) is 15.9 Å². The number of aliphatic carboxylic acids is 1. The van der Waals surface area contributed by atoms with Crippen LogP contribution in [-0.2, 0) is 11.2 Å². The van der Waals surface area contributed by atoms with Gasteiger partial charge in [0, 0.05) is 16.5 Å². The first kappa shape index (κ1) is 12.0. The minimum absolute atomic E-state index is 0.00867. The standard InChI is InChI=1S/C10H10BrFO3/c11-8-2-1-3-9(15-6-12)7(8)4-5-10(13)14/h1-3H,4-6H2,(H,13,14). The lowest BCUT2D eigenvalue weighted by molar-refractivity contribution is -0.136. The lowest BCUT2D eigenvalue weighted by Gasteiger charge is -2.09. The molecule has 0 unspecified atom stereocenters. The Morgan fingerprint density at radius 3 is 2.87 bits per heavy atom. The van der Waals surface area contributed by atoms with Crippen molar-refractivity contribution < 1.29 is 19.0 Å². The van der Waals surface area contributed by atoms with Crippen LogP contribution in [0.4, 0.5) is 4.39 Å². The van der Waals surface area contributed by atoms with Crippen LogP contribution in [0.25, 0.3) is 0 Å². The Bertz CT molecular complexity index is 355. The van der Waals surface area contributed by atoms with Crippen LogP contribution in [0.15, 0.2) is 22.7 Å². The molecule has 1 aromatic carbocycles. The molecule has 5 heteroatoms. The molecule has 15 heavy (non-hydrogen) atoms. The van der Waals surface area contributed by atoms with Crippen molar-refractivity contribution in [1.29, 1.82) is 0 Å². The van der Waals surface area contributed by atoms with Gasteiger partial charge in [-0.15, -0.1) is 0 Å². The van der Waals surface area contributed by atoms with Crippen molar-refractivity contribution in [3.63, 3.8) is 0 Å². The quantitative estimate of drug-likeness (QED) is 0.900. The zero-order valence-electron chi connectivity index (χ0n) is 7.87. The van der Waals surface area contributed by atoms with E-state index < -0.39 is 12.8 Å². The SMILES string of the molecule is O=C(O)CCc1c(Br)cccc1OCF. The van der Waals surface area contributed by atoms with E-state index in [1.165, 1.54) is 0 Å². The van der Waals surface area contributed by atoms with Crippen LogP contribution in [0.5, 0.6) is 5.75 Å². The fourth-order valence-electron chi connectivity index (χ4n) is 1.21. The summed E-state index contributed by atoms with van der Waals surface area (Å²) in [6.07, 6.45) is 0.303. The van der Waals surface area contributed by atoms with E-state index in [9.17, 15) is 9.18 Å². The number of carbonyl (C=O) groups is 1. The normalized spacial score (nSPS) is 10.0. The van der Waals surface area contributed by atoms with E-state index in [0.29, 0.717) is 17.7 Å². The van der Waals surface area contributed by atoms with Crippen molar-refractivity contribution in [3.8, 4) is 5.75 Å². The Morgan fingerprint density at radius 1 is 1.53 bits per heavy atom. The van der Waals surface area contributed by atoms with Gasteiger partial charge in [0.05, 0.1) is 0 Å². The molecule has 1 N–H and O–H groups in total. The van der Waals surface area contributed by atoms with E-state index >= 15 is 0 Å². The molecule has 0 aliphatic heterocycles. The summed E-state index contributed by atoms with van der Waals surface area (Å²) in [7, 11) is 0. The van der Waals surface area contributed by atoms with Gasteiger partial charge in [-0.1, -0.05) is 22.0 Å². The summed E-state index contributed by atoms with van der Waals surface area (Å²) >= 11 is 3.27. The van der Waals surface area contributed by atoms with Gasteiger partial charge in [-0.25, -0.2) is 4.39 Å². The summed E-state index contributed by atoms with van der Waals surface area (Å²) in [5.74, 6) is -0.509. The topological polar surface area (TPSA) is 46.5 Å². The van der Waals surface area contributed by atoms with Crippen molar-refractivity contribution in [2.24, 2.45) is 0 Å². The van der Waals surface area contributed by atoms with Gasteiger partial charge in [0.25, 0.3) is 0 Å². The Balaban J connectivity index is 2.86. The first-order valence-electron chi connectivity index (χ1n) is 4.33. The molecular formula is C10H10BrFO3. The highest BCUT2D eigenvalue weighted by Crippen LogP contribution is 2.28. The molecule has 0 aliphatic rings. The van der Waals surface area contributed by atoms with Crippen molar-refractivity contribution in [3.05, 3.63) is 28.2 Å². The van der Waals surface area contributed by atoms with E-state index in [-0.39, 0.29) is 6.42 Å². The summed E-state index contributed by atoms with van der Waals surface area (Å²) in [6.45, 7) is -0.920. The van der Waals surface area contributed by atoms with Crippen LogP contribution in [0.3, 0.4) is 0 Å². The third-order valence-electron chi connectivity index (χ3n) is 1.87. The molecule has 0 fully saturated rings. The lowest BCUT2D eigenvalue weighted by atomic mass is 10.1. The van der Waals surface area contributed by atoms with Crippen LogP contribution in [0.2, 0.25) is 0 Å². The van der Waals surface area contributed by atoms with E-state index in [0.717, 1.165) is 4.47 Å². The van der Waals surface area contributed by atoms with Crippen LogP contribution in [0, 0.1) is 0 Å². The maximum atomic E-state index is 12.0. The van der Waals surface area contributed by atoms with E-state index in [4.69, 9.17) is 9.84 Å². The summed E-state index contributed by atoms with van der Waals surface area (Å²) in [6, 6.07) is 5.09. The number of hydrogen-bond donors (Lipinski definition) is 1. The van der Waals surface area contributed by atoms with Crippen molar-refractivity contribution in [1.82, 2.24) is 0 Å². The molecule has 0 spiro atoms. The number of carboxylic acids is 1. The van der Waals surface area contributed by atoms with Crippen LogP contribution in [-0.4, -0.2) is 17.9 Å². The average Bonchev–Trinajstić information content (AvgIpc) is 2.17. The second-order valence-electron chi connectivity index (χ2n) is 2.86. The molecule has 0 atom stereocenters. The number of rotatable bonds is 5. The molecule has 0 saturated carbocycles. The molecule has 0 amide bonds. The largest absolute Gasteiger partial charge is 0.481 e. The Kier molecular flexibility index (Phi) is 4.55. The highest BCUT2D eigenvalue weighted by molar-refractivity contribution is 9.10.